The van der Waals surface area contributed by atoms with Crippen molar-refractivity contribution in [3.8, 4) is 0 Å². The predicted molar refractivity (Wildman–Crippen MR) is 51.7 cm³/mol. The second-order valence-corrected chi connectivity index (χ2v) is 4.10. The maximum Gasteiger partial charge on any atom is 0.287 e. The van der Waals surface area contributed by atoms with Crippen molar-refractivity contribution in [2.45, 2.75) is 33.1 Å². The molecular weight excluding hydrogens is 172 g/mol. The van der Waals surface area contributed by atoms with Crippen molar-refractivity contribution < 1.29 is 8.92 Å². The maximum atomic E-state index is 5.33. The van der Waals surface area contributed by atoms with Crippen molar-refractivity contribution in [1.82, 2.24) is 0 Å². The summed E-state index contributed by atoms with van der Waals surface area (Å²) < 4.78 is 10.1. The molecule has 0 saturated carbocycles. The van der Waals surface area contributed by atoms with Crippen LogP contribution in [0.3, 0.4) is 0 Å². The largest absolute Gasteiger partial charge is 0.465 e. The standard InChI is InChI=1S/C9H16O2S/c1-9(2)5-3-4-8(11-12)10-7-6-9/h4,12H,3,5-7H2,1-2H3/b8-4+. The van der Waals surface area contributed by atoms with Crippen molar-refractivity contribution in [2.75, 3.05) is 6.61 Å². The van der Waals surface area contributed by atoms with Gasteiger partial charge in [0.15, 0.2) is 0 Å². The number of hydrogen-bond acceptors (Lipinski definition) is 3. The van der Waals surface area contributed by atoms with Gasteiger partial charge in [-0.05, 0) is 30.8 Å². The summed E-state index contributed by atoms with van der Waals surface area (Å²) in [5.74, 6) is 0.550. The van der Waals surface area contributed by atoms with Crippen LogP contribution in [0.4, 0.5) is 0 Å². The van der Waals surface area contributed by atoms with Gasteiger partial charge in [0.25, 0.3) is 5.95 Å². The molecule has 0 atom stereocenters. The van der Waals surface area contributed by atoms with Crippen LogP contribution in [-0.4, -0.2) is 6.61 Å². The average Bonchev–Trinajstić information content (AvgIpc) is 1.97. The monoisotopic (exact) mass is 188 g/mol. The second kappa shape index (κ2) is 4.08. The first-order valence-corrected chi connectivity index (χ1v) is 4.65. The van der Waals surface area contributed by atoms with Crippen molar-refractivity contribution in [3.63, 3.8) is 0 Å². The van der Waals surface area contributed by atoms with E-state index in [1.807, 2.05) is 6.08 Å². The normalized spacial score (nSPS) is 27.4. The molecule has 0 aromatic carbocycles. The summed E-state index contributed by atoms with van der Waals surface area (Å²) in [5, 5.41) is 0. The van der Waals surface area contributed by atoms with Crippen LogP contribution in [0.15, 0.2) is 12.0 Å². The minimum absolute atomic E-state index is 0.388. The zero-order chi connectivity index (χ0) is 9.03. The van der Waals surface area contributed by atoms with Crippen molar-refractivity contribution in [2.24, 2.45) is 5.41 Å². The van der Waals surface area contributed by atoms with Crippen LogP contribution in [0, 0.1) is 5.41 Å². The number of thiol groups is 1. The highest BCUT2D eigenvalue weighted by Gasteiger charge is 2.19. The Kier molecular flexibility index (Phi) is 3.32. The van der Waals surface area contributed by atoms with E-state index in [0.29, 0.717) is 11.4 Å². The summed E-state index contributed by atoms with van der Waals surface area (Å²) in [6, 6.07) is 0. The van der Waals surface area contributed by atoms with Crippen LogP contribution < -0.4 is 0 Å². The van der Waals surface area contributed by atoms with E-state index in [0.717, 1.165) is 19.4 Å². The van der Waals surface area contributed by atoms with E-state index < -0.39 is 0 Å². The topological polar surface area (TPSA) is 18.5 Å². The fourth-order valence-electron chi connectivity index (χ4n) is 1.26. The minimum Gasteiger partial charge on any atom is -0.465 e. The van der Waals surface area contributed by atoms with Crippen molar-refractivity contribution in [3.05, 3.63) is 12.0 Å². The second-order valence-electron chi connectivity index (χ2n) is 3.92. The molecule has 12 heavy (non-hydrogen) atoms. The van der Waals surface area contributed by atoms with Crippen LogP contribution in [0.1, 0.15) is 33.1 Å². The zero-order valence-electron chi connectivity index (χ0n) is 7.67. The molecule has 1 heterocycles. The van der Waals surface area contributed by atoms with E-state index in [1.54, 1.807) is 0 Å². The summed E-state index contributed by atoms with van der Waals surface area (Å²) in [6.07, 6.45) is 5.20. The van der Waals surface area contributed by atoms with Crippen LogP contribution in [-0.2, 0) is 8.92 Å². The third kappa shape index (κ3) is 2.97. The summed E-state index contributed by atoms with van der Waals surface area (Å²) in [7, 11) is 0. The number of ether oxygens (including phenoxy) is 1. The highest BCUT2D eigenvalue weighted by Crippen LogP contribution is 2.29. The molecule has 1 aliphatic rings. The summed E-state index contributed by atoms with van der Waals surface area (Å²) >= 11 is 3.70. The SMILES string of the molecule is CC1(C)CC/C=C(/OS)OCC1. The molecule has 0 aromatic heterocycles. The average molecular weight is 188 g/mol. The van der Waals surface area contributed by atoms with Crippen molar-refractivity contribution in [1.29, 1.82) is 0 Å². The Labute approximate surface area is 79.6 Å². The lowest BCUT2D eigenvalue weighted by atomic mass is 9.84. The van der Waals surface area contributed by atoms with Gasteiger partial charge in [0.2, 0.25) is 0 Å². The summed E-state index contributed by atoms with van der Waals surface area (Å²) in [5.41, 5.74) is 0.388. The molecule has 0 amide bonds. The highest BCUT2D eigenvalue weighted by atomic mass is 32.1. The van der Waals surface area contributed by atoms with Gasteiger partial charge >= 0.3 is 0 Å². The molecule has 70 valence electrons. The van der Waals surface area contributed by atoms with Gasteiger partial charge in [-0.1, -0.05) is 13.8 Å². The Morgan fingerprint density at radius 2 is 2.25 bits per heavy atom. The van der Waals surface area contributed by atoms with Crippen LogP contribution in [0.5, 0.6) is 0 Å². The molecule has 0 bridgehead atoms. The van der Waals surface area contributed by atoms with Gasteiger partial charge in [0, 0.05) is 12.9 Å². The molecule has 2 nitrogen and oxygen atoms in total. The van der Waals surface area contributed by atoms with E-state index in [-0.39, 0.29) is 0 Å². The molecule has 0 aromatic rings. The van der Waals surface area contributed by atoms with E-state index in [1.165, 1.54) is 6.42 Å². The third-order valence-corrected chi connectivity index (χ3v) is 2.43. The Balaban J connectivity index is 2.50. The van der Waals surface area contributed by atoms with Crippen molar-refractivity contribution >= 4 is 12.9 Å². The molecule has 1 rings (SSSR count). The van der Waals surface area contributed by atoms with Crippen LogP contribution in [0.25, 0.3) is 0 Å². The van der Waals surface area contributed by atoms with Gasteiger partial charge in [-0.2, -0.15) is 0 Å². The Hall–Kier alpha value is -0.310. The van der Waals surface area contributed by atoms with Gasteiger partial charge in [-0.25, -0.2) is 0 Å². The van der Waals surface area contributed by atoms with Gasteiger partial charge < -0.3 is 8.92 Å². The van der Waals surface area contributed by atoms with E-state index in [2.05, 4.69) is 26.8 Å². The van der Waals surface area contributed by atoms with Gasteiger partial charge in [0.1, 0.15) is 0 Å². The fraction of sp³-hybridized carbons (Fsp3) is 0.778. The van der Waals surface area contributed by atoms with E-state index in [9.17, 15) is 0 Å². The third-order valence-electron chi connectivity index (χ3n) is 2.25. The van der Waals surface area contributed by atoms with E-state index >= 15 is 0 Å². The highest BCUT2D eigenvalue weighted by molar-refractivity contribution is 7.75. The molecule has 0 saturated heterocycles. The van der Waals surface area contributed by atoms with Crippen LogP contribution >= 0.6 is 12.9 Å². The molecule has 0 fully saturated rings. The lowest BCUT2D eigenvalue weighted by Crippen LogP contribution is -2.16. The number of hydrogen-bond donors (Lipinski definition) is 1. The molecule has 0 N–H and O–H groups in total. The van der Waals surface area contributed by atoms with E-state index in [4.69, 9.17) is 8.92 Å². The number of allylic oxidation sites excluding steroid dienone is 1. The first-order valence-electron chi connectivity index (χ1n) is 4.28. The smallest absolute Gasteiger partial charge is 0.287 e. The summed E-state index contributed by atoms with van der Waals surface area (Å²) in [6.45, 7) is 5.24. The molecule has 3 heteroatoms. The lowest BCUT2D eigenvalue weighted by Gasteiger charge is -2.25. The lowest BCUT2D eigenvalue weighted by molar-refractivity contribution is 0.0854. The first kappa shape index (κ1) is 9.78. The molecular formula is C9H16O2S. The zero-order valence-corrected chi connectivity index (χ0v) is 8.56. The first-order chi connectivity index (χ1) is 5.64. The molecule has 0 aliphatic carbocycles. The van der Waals surface area contributed by atoms with Gasteiger partial charge in [-0.3, -0.25) is 0 Å². The maximum absolute atomic E-state index is 5.33. The summed E-state index contributed by atoms with van der Waals surface area (Å²) in [4.78, 5) is 0. The number of rotatable bonds is 1. The molecule has 0 unspecified atom stereocenters. The minimum atomic E-state index is 0.388. The molecule has 1 aliphatic heterocycles. The molecule has 0 radical (unpaired) electrons. The Morgan fingerprint density at radius 3 is 2.92 bits per heavy atom. The molecule has 0 spiro atoms. The van der Waals surface area contributed by atoms with Gasteiger partial charge in [-0.15, -0.1) is 0 Å². The van der Waals surface area contributed by atoms with Crippen LogP contribution in [0.2, 0.25) is 0 Å². The Morgan fingerprint density at radius 1 is 1.50 bits per heavy atom. The van der Waals surface area contributed by atoms with Gasteiger partial charge in [0.05, 0.1) is 6.61 Å². The Bertz CT molecular complexity index is 175. The quantitative estimate of drug-likeness (QED) is 0.504. The predicted octanol–water partition coefficient (Wildman–Crippen LogP) is 2.92. The fourth-order valence-corrected chi connectivity index (χ4v) is 1.38.